The Labute approximate surface area is 144 Å². The van der Waals surface area contributed by atoms with Crippen LogP contribution in [0.3, 0.4) is 0 Å². The molecule has 0 aromatic carbocycles. The number of carbonyl (C=O) groups excluding carboxylic acids is 2. The summed E-state index contributed by atoms with van der Waals surface area (Å²) in [5.41, 5.74) is 0. The fourth-order valence-electron chi connectivity index (χ4n) is 2.48. The van der Waals surface area contributed by atoms with E-state index in [1.807, 2.05) is 11.3 Å². The van der Waals surface area contributed by atoms with Crippen LogP contribution in [0.1, 0.15) is 61.1 Å². The van der Waals surface area contributed by atoms with Gasteiger partial charge in [-0.3, -0.25) is 9.59 Å². The number of hydrogen-bond donors (Lipinski definition) is 2. The van der Waals surface area contributed by atoms with Gasteiger partial charge in [0.25, 0.3) is 0 Å². The molecule has 0 aliphatic rings. The highest BCUT2D eigenvalue weighted by molar-refractivity contribution is 7.11. The van der Waals surface area contributed by atoms with Gasteiger partial charge in [-0.1, -0.05) is 19.3 Å². The normalized spacial score (nSPS) is 10.5. The molecule has 0 saturated carbocycles. The highest BCUT2D eigenvalue weighted by Crippen LogP contribution is 2.21. The Balaban J connectivity index is 2.05. The molecule has 0 unspecified atom stereocenters. The van der Waals surface area contributed by atoms with Crippen LogP contribution in [0.15, 0.2) is 12.1 Å². The second-order valence-corrected chi connectivity index (χ2v) is 7.09. The van der Waals surface area contributed by atoms with Gasteiger partial charge in [0, 0.05) is 36.7 Å². The molecule has 2 amide bonds. The van der Waals surface area contributed by atoms with Crippen molar-refractivity contribution in [2.45, 2.75) is 64.2 Å². The van der Waals surface area contributed by atoms with Crippen LogP contribution in [0.25, 0.3) is 0 Å². The molecule has 0 aliphatic carbocycles. The molecule has 0 spiro atoms. The first-order valence-corrected chi connectivity index (χ1v) is 9.46. The molecule has 0 bridgehead atoms. The molecule has 0 aliphatic heterocycles. The number of aryl methyl sites for hydroxylation is 2. The molecular weight excluding hydrogens is 308 g/mol. The fourth-order valence-corrected chi connectivity index (χ4v) is 3.58. The monoisotopic (exact) mass is 338 g/mol. The summed E-state index contributed by atoms with van der Waals surface area (Å²) >= 11 is 1.88. The van der Waals surface area contributed by atoms with Gasteiger partial charge < -0.3 is 10.6 Å². The Morgan fingerprint density at radius 1 is 0.783 bits per heavy atom. The minimum absolute atomic E-state index is 0.123. The Hall–Kier alpha value is -1.36. The molecule has 23 heavy (non-hydrogen) atoms. The summed E-state index contributed by atoms with van der Waals surface area (Å²) in [5, 5.41) is 5.31. The van der Waals surface area contributed by atoms with Gasteiger partial charge in [-0.2, -0.15) is 0 Å². The summed E-state index contributed by atoms with van der Waals surface area (Å²) in [4.78, 5) is 25.1. The summed E-state index contributed by atoms with van der Waals surface area (Å²) in [6.45, 7) is 0. The number of nitrogens with one attached hydrogen (secondary N) is 2. The maximum atomic E-state index is 11.2. The van der Waals surface area contributed by atoms with E-state index in [0.717, 1.165) is 32.1 Å². The number of unbranched alkanes of at least 4 members (excludes halogenated alkanes) is 4. The SMILES string of the molecule is CNC(=O)CCCCCCCc1ccc(CCCC(=O)NC)s1. The van der Waals surface area contributed by atoms with Gasteiger partial charge in [-0.15, -0.1) is 11.3 Å². The van der Waals surface area contributed by atoms with Crippen molar-refractivity contribution in [1.82, 2.24) is 10.6 Å². The zero-order valence-corrected chi connectivity index (χ0v) is 15.3. The van der Waals surface area contributed by atoms with Crippen LogP contribution in [0, 0.1) is 0 Å². The van der Waals surface area contributed by atoms with E-state index in [-0.39, 0.29) is 11.8 Å². The predicted octanol–water partition coefficient (Wildman–Crippen LogP) is 3.45. The lowest BCUT2D eigenvalue weighted by Gasteiger charge is -2.01. The van der Waals surface area contributed by atoms with Crippen LogP contribution >= 0.6 is 11.3 Å². The molecule has 130 valence electrons. The van der Waals surface area contributed by atoms with E-state index in [2.05, 4.69) is 22.8 Å². The summed E-state index contributed by atoms with van der Waals surface area (Å²) in [6, 6.07) is 4.43. The van der Waals surface area contributed by atoms with Gasteiger partial charge in [-0.25, -0.2) is 0 Å². The van der Waals surface area contributed by atoms with Crippen molar-refractivity contribution in [3.63, 3.8) is 0 Å². The molecule has 0 saturated heterocycles. The molecule has 2 N–H and O–H groups in total. The van der Waals surface area contributed by atoms with Gasteiger partial charge in [0.1, 0.15) is 0 Å². The molecule has 0 atom stereocenters. The van der Waals surface area contributed by atoms with Crippen molar-refractivity contribution in [3.05, 3.63) is 21.9 Å². The van der Waals surface area contributed by atoms with E-state index in [9.17, 15) is 9.59 Å². The summed E-state index contributed by atoms with van der Waals surface area (Å²) in [7, 11) is 3.38. The Bertz CT molecular complexity index is 471. The molecule has 1 aromatic rings. The Morgan fingerprint density at radius 2 is 1.26 bits per heavy atom. The first kappa shape index (κ1) is 19.7. The van der Waals surface area contributed by atoms with Crippen molar-refractivity contribution in [2.75, 3.05) is 14.1 Å². The standard InChI is InChI=1S/C18H30N2O2S/c1-19-17(21)11-7-5-3-4-6-9-15-13-14-16(23-15)10-8-12-18(22)20-2/h13-14H,3-12H2,1-2H3,(H,19,21)(H,20,22). The number of hydrogen-bond acceptors (Lipinski definition) is 3. The highest BCUT2D eigenvalue weighted by atomic mass is 32.1. The van der Waals surface area contributed by atoms with E-state index in [1.165, 1.54) is 29.0 Å². The summed E-state index contributed by atoms with van der Waals surface area (Å²) in [6.07, 6.45) is 10.1. The maximum absolute atomic E-state index is 11.2. The van der Waals surface area contributed by atoms with Gasteiger partial charge in [0.2, 0.25) is 11.8 Å². The molecule has 1 rings (SSSR count). The topological polar surface area (TPSA) is 58.2 Å². The van der Waals surface area contributed by atoms with Crippen LogP contribution in [-0.2, 0) is 22.4 Å². The molecular formula is C18H30N2O2S. The van der Waals surface area contributed by atoms with Crippen molar-refractivity contribution in [3.8, 4) is 0 Å². The lowest BCUT2D eigenvalue weighted by atomic mass is 10.1. The first-order valence-electron chi connectivity index (χ1n) is 8.64. The van der Waals surface area contributed by atoms with Crippen molar-refractivity contribution in [1.29, 1.82) is 0 Å². The number of amides is 2. The van der Waals surface area contributed by atoms with Crippen LogP contribution in [0.4, 0.5) is 0 Å². The average Bonchev–Trinajstić information content (AvgIpc) is 3.01. The first-order chi connectivity index (χ1) is 11.2. The third-order valence-corrected chi connectivity index (χ3v) is 5.13. The van der Waals surface area contributed by atoms with Crippen LogP contribution in [-0.4, -0.2) is 25.9 Å². The number of thiophene rings is 1. The van der Waals surface area contributed by atoms with E-state index >= 15 is 0 Å². The van der Waals surface area contributed by atoms with Crippen molar-refractivity contribution >= 4 is 23.2 Å². The second-order valence-electron chi connectivity index (χ2n) is 5.84. The second kappa shape index (κ2) is 12.1. The number of rotatable bonds is 12. The lowest BCUT2D eigenvalue weighted by molar-refractivity contribution is -0.121. The molecule has 1 heterocycles. The number of carbonyl (C=O) groups is 2. The summed E-state index contributed by atoms with van der Waals surface area (Å²) < 4.78 is 0. The summed E-state index contributed by atoms with van der Waals surface area (Å²) in [5.74, 6) is 0.269. The smallest absolute Gasteiger partial charge is 0.219 e. The third-order valence-electron chi connectivity index (χ3n) is 3.93. The van der Waals surface area contributed by atoms with Crippen molar-refractivity contribution < 1.29 is 9.59 Å². The molecule has 4 nitrogen and oxygen atoms in total. The van der Waals surface area contributed by atoms with Gasteiger partial charge in [0.15, 0.2) is 0 Å². The molecule has 5 heteroatoms. The van der Waals surface area contributed by atoms with Crippen LogP contribution < -0.4 is 10.6 Å². The maximum Gasteiger partial charge on any atom is 0.219 e. The minimum Gasteiger partial charge on any atom is -0.359 e. The average molecular weight is 339 g/mol. The molecule has 0 fully saturated rings. The fraction of sp³-hybridized carbons (Fsp3) is 0.667. The minimum atomic E-state index is 0.123. The van der Waals surface area contributed by atoms with E-state index in [0.29, 0.717) is 12.8 Å². The molecule has 0 radical (unpaired) electrons. The zero-order valence-electron chi connectivity index (χ0n) is 14.5. The van der Waals surface area contributed by atoms with E-state index < -0.39 is 0 Å². The Kier molecular flexibility index (Phi) is 10.4. The van der Waals surface area contributed by atoms with Gasteiger partial charge in [-0.05, 0) is 44.2 Å². The largest absolute Gasteiger partial charge is 0.359 e. The van der Waals surface area contributed by atoms with Crippen molar-refractivity contribution in [2.24, 2.45) is 0 Å². The van der Waals surface area contributed by atoms with Crippen LogP contribution in [0.2, 0.25) is 0 Å². The predicted molar refractivity (Wildman–Crippen MR) is 96.8 cm³/mol. The van der Waals surface area contributed by atoms with E-state index in [1.54, 1.807) is 14.1 Å². The quantitative estimate of drug-likeness (QED) is 0.574. The van der Waals surface area contributed by atoms with Gasteiger partial charge in [0.05, 0.1) is 0 Å². The zero-order chi connectivity index (χ0) is 16.9. The lowest BCUT2D eigenvalue weighted by Crippen LogP contribution is -2.17. The van der Waals surface area contributed by atoms with Crippen LogP contribution in [0.5, 0.6) is 0 Å². The highest BCUT2D eigenvalue weighted by Gasteiger charge is 2.03. The van der Waals surface area contributed by atoms with Gasteiger partial charge >= 0.3 is 0 Å². The Morgan fingerprint density at radius 3 is 1.87 bits per heavy atom. The van der Waals surface area contributed by atoms with E-state index in [4.69, 9.17) is 0 Å². The third kappa shape index (κ3) is 9.39. The molecule has 1 aromatic heterocycles.